The Morgan fingerprint density at radius 3 is 3.00 bits per heavy atom. The van der Waals surface area contributed by atoms with Crippen molar-refractivity contribution in [3.8, 4) is 10.4 Å². The third-order valence-electron chi connectivity index (χ3n) is 3.54. The quantitative estimate of drug-likeness (QED) is 0.657. The molecule has 18 heavy (non-hydrogen) atoms. The minimum atomic E-state index is 1.03. The fourth-order valence-electron chi connectivity index (χ4n) is 2.77. The van der Waals surface area contributed by atoms with Gasteiger partial charge in [0.1, 0.15) is 0 Å². The van der Waals surface area contributed by atoms with Gasteiger partial charge in [0.05, 0.1) is 11.0 Å². The number of aromatic nitrogens is 2. The van der Waals surface area contributed by atoms with Crippen molar-refractivity contribution in [2.45, 2.75) is 19.3 Å². The van der Waals surface area contributed by atoms with E-state index in [-0.39, 0.29) is 0 Å². The molecule has 0 spiro atoms. The van der Waals surface area contributed by atoms with Gasteiger partial charge in [0.2, 0.25) is 0 Å². The molecule has 0 radical (unpaired) electrons. The van der Waals surface area contributed by atoms with E-state index in [0.717, 1.165) is 23.9 Å². The summed E-state index contributed by atoms with van der Waals surface area (Å²) in [6.45, 7) is 0. The molecule has 4 rings (SSSR count). The lowest BCUT2D eigenvalue weighted by Gasteiger charge is -2.09. The summed E-state index contributed by atoms with van der Waals surface area (Å²) < 4.78 is 0. The van der Waals surface area contributed by atoms with E-state index in [2.05, 4.69) is 28.6 Å². The normalized spacial score (nSPS) is 14.0. The van der Waals surface area contributed by atoms with E-state index in [1.54, 1.807) is 11.3 Å². The molecule has 0 amide bonds. The second-order valence-electron chi connectivity index (χ2n) is 4.61. The van der Waals surface area contributed by atoms with Crippen LogP contribution in [0.1, 0.15) is 17.7 Å². The maximum absolute atomic E-state index is 4.77. The SMILES string of the molecule is c1csc(-c2c3c(nc4cccnc24)CCC3)c1. The number of aryl methyl sites for hydroxylation is 1. The van der Waals surface area contributed by atoms with Crippen molar-refractivity contribution in [2.24, 2.45) is 0 Å². The van der Waals surface area contributed by atoms with Crippen molar-refractivity contribution in [3.63, 3.8) is 0 Å². The van der Waals surface area contributed by atoms with Crippen LogP contribution >= 0.6 is 11.3 Å². The smallest absolute Gasteiger partial charge is 0.0976 e. The van der Waals surface area contributed by atoms with Crippen LogP contribution in [0.5, 0.6) is 0 Å². The topological polar surface area (TPSA) is 25.8 Å². The molecule has 0 aromatic carbocycles. The Labute approximate surface area is 109 Å². The Bertz CT molecular complexity index is 717. The number of hydrogen-bond acceptors (Lipinski definition) is 3. The minimum absolute atomic E-state index is 1.03. The Balaban J connectivity index is 2.15. The number of rotatable bonds is 1. The molecule has 0 bridgehead atoms. The van der Waals surface area contributed by atoms with Gasteiger partial charge in [-0.25, -0.2) is 0 Å². The van der Waals surface area contributed by atoms with Gasteiger partial charge in [-0.05, 0) is 48.4 Å². The predicted octanol–water partition coefficient (Wildman–Crippen LogP) is 3.85. The minimum Gasteiger partial charge on any atom is -0.254 e. The number of thiophene rings is 1. The lowest BCUT2D eigenvalue weighted by Crippen LogP contribution is -1.95. The molecule has 1 aliphatic rings. The molecule has 0 N–H and O–H groups in total. The summed E-state index contributed by atoms with van der Waals surface area (Å²) in [5.41, 5.74) is 6.10. The van der Waals surface area contributed by atoms with E-state index in [1.807, 2.05) is 12.3 Å². The first-order valence-electron chi connectivity index (χ1n) is 6.24. The van der Waals surface area contributed by atoms with Gasteiger partial charge in [-0.2, -0.15) is 0 Å². The molecule has 0 atom stereocenters. The van der Waals surface area contributed by atoms with E-state index >= 15 is 0 Å². The van der Waals surface area contributed by atoms with Gasteiger partial charge in [0, 0.05) is 22.3 Å². The van der Waals surface area contributed by atoms with Crippen LogP contribution in [0.3, 0.4) is 0 Å². The Morgan fingerprint density at radius 2 is 2.11 bits per heavy atom. The Hall–Kier alpha value is -1.74. The third-order valence-corrected chi connectivity index (χ3v) is 4.42. The molecule has 0 unspecified atom stereocenters. The van der Waals surface area contributed by atoms with Crippen LogP contribution in [0, 0.1) is 0 Å². The predicted molar refractivity (Wildman–Crippen MR) is 74.9 cm³/mol. The molecule has 0 saturated carbocycles. The molecular weight excluding hydrogens is 240 g/mol. The summed E-state index contributed by atoms with van der Waals surface area (Å²) in [5, 5.41) is 2.13. The van der Waals surface area contributed by atoms with Crippen LogP contribution in [-0.4, -0.2) is 9.97 Å². The first-order valence-corrected chi connectivity index (χ1v) is 7.12. The van der Waals surface area contributed by atoms with Crippen LogP contribution in [0.2, 0.25) is 0 Å². The number of fused-ring (bicyclic) bond motifs is 2. The highest BCUT2D eigenvalue weighted by Crippen LogP contribution is 2.38. The molecule has 2 nitrogen and oxygen atoms in total. The molecule has 0 saturated heterocycles. The molecule has 88 valence electrons. The van der Waals surface area contributed by atoms with Crippen molar-refractivity contribution >= 4 is 22.4 Å². The van der Waals surface area contributed by atoms with E-state index < -0.39 is 0 Å². The molecule has 0 aliphatic heterocycles. The van der Waals surface area contributed by atoms with Gasteiger partial charge in [0.15, 0.2) is 0 Å². The molecule has 0 fully saturated rings. The van der Waals surface area contributed by atoms with Crippen LogP contribution < -0.4 is 0 Å². The number of nitrogens with zero attached hydrogens (tertiary/aromatic N) is 2. The highest BCUT2D eigenvalue weighted by molar-refractivity contribution is 7.13. The van der Waals surface area contributed by atoms with Gasteiger partial charge >= 0.3 is 0 Å². The largest absolute Gasteiger partial charge is 0.254 e. The second kappa shape index (κ2) is 3.89. The van der Waals surface area contributed by atoms with Gasteiger partial charge in [-0.1, -0.05) is 6.07 Å². The van der Waals surface area contributed by atoms with Crippen LogP contribution in [0.15, 0.2) is 35.8 Å². The summed E-state index contributed by atoms with van der Waals surface area (Å²) in [6.07, 6.45) is 5.33. The average Bonchev–Trinajstić information content (AvgIpc) is 3.06. The second-order valence-corrected chi connectivity index (χ2v) is 5.56. The zero-order valence-electron chi connectivity index (χ0n) is 9.89. The highest BCUT2D eigenvalue weighted by atomic mass is 32.1. The highest BCUT2D eigenvalue weighted by Gasteiger charge is 2.21. The van der Waals surface area contributed by atoms with Crippen molar-refractivity contribution in [3.05, 3.63) is 47.1 Å². The summed E-state index contributed by atoms with van der Waals surface area (Å²) in [5.74, 6) is 0. The van der Waals surface area contributed by atoms with Crippen LogP contribution in [-0.2, 0) is 12.8 Å². The maximum atomic E-state index is 4.77. The van der Waals surface area contributed by atoms with E-state index in [4.69, 9.17) is 4.98 Å². The van der Waals surface area contributed by atoms with Crippen molar-refractivity contribution in [1.82, 2.24) is 9.97 Å². The zero-order chi connectivity index (χ0) is 11.9. The molecule has 3 heterocycles. The molecule has 3 aromatic rings. The first kappa shape index (κ1) is 10.2. The molecular formula is C15H12N2S. The summed E-state index contributed by atoms with van der Waals surface area (Å²) in [7, 11) is 0. The van der Waals surface area contributed by atoms with E-state index in [9.17, 15) is 0 Å². The number of pyridine rings is 2. The van der Waals surface area contributed by atoms with E-state index in [0.29, 0.717) is 0 Å². The van der Waals surface area contributed by atoms with Gasteiger partial charge in [-0.3, -0.25) is 9.97 Å². The summed E-state index contributed by atoms with van der Waals surface area (Å²) in [6, 6.07) is 8.33. The van der Waals surface area contributed by atoms with Gasteiger partial charge in [-0.15, -0.1) is 11.3 Å². The fraction of sp³-hybridized carbons (Fsp3) is 0.200. The summed E-state index contributed by atoms with van der Waals surface area (Å²) >= 11 is 1.79. The molecule has 3 heteroatoms. The fourth-order valence-corrected chi connectivity index (χ4v) is 3.57. The van der Waals surface area contributed by atoms with Crippen LogP contribution in [0.25, 0.3) is 21.5 Å². The number of hydrogen-bond donors (Lipinski definition) is 0. The van der Waals surface area contributed by atoms with Crippen molar-refractivity contribution in [1.29, 1.82) is 0 Å². The zero-order valence-corrected chi connectivity index (χ0v) is 10.7. The maximum Gasteiger partial charge on any atom is 0.0976 e. The average molecular weight is 252 g/mol. The monoisotopic (exact) mass is 252 g/mol. The van der Waals surface area contributed by atoms with Gasteiger partial charge in [0.25, 0.3) is 0 Å². The van der Waals surface area contributed by atoms with Crippen molar-refractivity contribution in [2.75, 3.05) is 0 Å². The Kier molecular flexibility index (Phi) is 2.20. The van der Waals surface area contributed by atoms with Crippen LogP contribution in [0.4, 0.5) is 0 Å². The standard InChI is InChI=1S/C15H12N2S/c1-4-10-11(5-1)17-12-6-2-8-16-15(12)14(10)13-7-3-9-18-13/h2-3,6-9H,1,4-5H2. The first-order chi connectivity index (χ1) is 8.93. The molecule has 1 aliphatic carbocycles. The lowest BCUT2D eigenvalue weighted by atomic mass is 10.0. The third kappa shape index (κ3) is 1.40. The lowest BCUT2D eigenvalue weighted by molar-refractivity contribution is 0.901. The summed E-state index contributed by atoms with van der Waals surface area (Å²) in [4.78, 5) is 10.6. The van der Waals surface area contributed by atoms with Gasteiger partial charge < -0.3 is 0 Å². The molecule has 3 aromatic heterocycles. The van der Waals surface area contributed by atoms with E-state index in [1.165, 1.54) is 28.1 Å². The Morgan fingerprint density at radius 1 is 1.11 bits per heavy atom. The van der Waals surface area contributed by atoms with Crippen molar-refractivity contribution < 1.29 is 0 Å².